The van der Waals surface area contributed by atoms with Gasteiger partial charge in [-0.3, -0.25) is 4.79 Å². The van der Waals surface area contributed by atoms with Crippen LogP contribution in [0.4, 0.5) is 5.69 Å². The Bertz CT molecular complexity index is 1320. The minimum Gasteiger partial charge on any atom is -0.481 e. The number of benzene rings is 4. The molecule has 1 N–H and O–H groups in total. The van der Waals surface area contributed by atoms with Gasteiger partial charge in [-0.05, 0) is 79.6 Å². The smallest absolute Gasteiger partial charge is 0.255 e. The van der Waals surface area contributed by atoms with Crippen LogP contribution < -0.4 is 10.1 Å². The fourth-order valence-corrected chi connectivity index (χ4v) is 4.19. The van der Waals surface area contributed by atoms with Crippen LogP contribution in [0.25, 0.3) is 0 Å². The van der Waals surface area contributed by atoms with Crippen molar-refractivity contribution in [1.82, 2.24) is 0 Å². The lowest BCUT2D eigenvalue weighted by atomic mass is 10.0. The van der Waals surface area contributed by atoms with Gasteiger partial charge < -0.3 is 10.1 Å². The summed E-state index contributed by atoms with van der Waals surface area (Å²) < 4.78 is 6.44. The van der Waals surface area contributed by atoms with Gasteiger partial charge in [0.05, 0.1) is 0 Å². The average Bonchev–Trinajstić information content (AvgIpc) is 2.81. The molecule has 172 valence electrons. The number of anilines is 1. The molecular weight excluding hydrogens is 489 g/mol. The zero-order chi connectivity index (χ0) is 24.2. The van der Waals surface area contributed by atoms with Crippen LogP contribution in [0.2, 0.25) is 15.1 Å². The number of ether oxygens (including phenoxy) is 1. The first kappa shape index (κ1) is 24.2. The maximum Gasteiger partial charge on any atom is 0.255 e. The fourth-order valence-electron chi connectivity index (χ4n) is 3.55. The van der Waals surface area contributed by atoms with Gasteiger partial charge in [-0.1, -0.05) is 70.7 Å². The summed E-state index contributed by atoms with van der Waals surface area (Å²) in [5, 5.41) is 4.59. The molecular formula is C28H22Cl3NO2. The maximum absolute atomic E-state index is 12.7. The molecule has 6 heteroatoms. The van der Waals surface area contributed by atoms with Crippen molar-refractivity contribution in [2.45, 2.75) is 20.0 Å². The van der Waals surface area contributed by atoms with Gasteiger partial charge >= 0.3 is 0 Å². The third-order valence-corrected chi connectivity index (χ3v) is 6.22. The number of carbonyl (C=O) groups excluding carboxylic acids is 1. The summed E-state index contributed by atoms with van der Waals surface area (Å²) in [5.74, 6) is 0.450. The second-order valence-corrected chi connectivity index (χ2v) is 9.30. The normalized spacial score (nSPS) is 11.7. The number of nitrogens with one attached hydrogen (secondary N) is 1. The van der Waals surface area contributed by atoms with Crippen molar-refractivity contribution in [2.24, 2.45) is 0 Å². The predicted octanol–water partition coefficient (Wildman–Crippen LogP) is 8.68. The minimum absolute atomic E-state index is 0.187. The van der Waals surface area contributed by atoms with Gasteiger partial charge in [0.15, 0.2) is 6.10 Å². The summed E-state index contributed by atoms with van der Waals surface area (Å²) in [6, 6.07) is 25.8. The second-order valence-electron chi connectivity index (χ2n) is 8.02. The van der Waals surface area contributed by atoms with E-state index in [9.17, 15) is 4.79 Å². The monoisotopic (exact) mass is 509 g/mol. The van der Waals surface area contributed by atoms with Gasteiger partial charge in [0, 0.05) is 31.9 Å². The van der Waals surface area contributed by atoms with E-state index >= 15 is 0 Å². The number of amides is 1. The van der Waals surface area contributed by atoms with Crippen molar-refractivity contribution in [2.75, 3.05) is 5.32 Å². The van der Waals surface area contributed by atoms with Crippen LogP contribution in [0.5, 0.6) is 5.75 Å². The number of carbonyl (C=O) groups is 1. The highest BCUT2D eigenvalue weighted by atomic mass is 35.5. The highest BCUT2D eigenvalue weighted by Gasteiger charge is 2.21. The molecule has 0 aliphatic carbocycles. The molecule has 0 fully saturated rings. The number of halogens is 3. The van der Waals surface area contributed by atoms with Gasteiger partial charge in [0.2, 0.25) is 0 Å². The van der Waals surface area contributed by atoms with E-state index in [4.69, 9.17) is 39.5 Å². The molecule has 1 atom stereocenters. The van der Waals surface area contributed by atoms with Crippen LogP contribution in [0, 0.1) is 13.8 Å². The fraction of sp³-hybridized carbons (Fsp3) is 0.107. The summed E-state index contributed by atoms with van der Waals surface area (Å²) in [6.07, 6.45) is -0.493. The van der Waals surface area contributed by atoms with E-state index in [1.807, 2.05) is 68.4 Å². The SMILES string of the molecule is Cc1ccc(NC(=O)c2ccc(OC(c3ccc(Cl)cc3)c3ccc(Cl)cc3Cl)c(C)c2)cc1. The molecule has 1 unspecified atom stereocenters. The van der Waals surface area contributed by atoms with Crippen LogP contribution in [0.1, 0.15) is 38.7 Å². The summed E-state index contributed by atoms with van der Waals surface area (Å²) in [4.78, 5) is 12.7. The topological polar surface area (TPSA) is 38.3 Å². The van der Waals surface area contributed by atoms with Gasteiger partial charge in [-0.25, -0.2) is 0 Å². The molecule has 4 aromatic rings. The standard InChI is InChI=1S/C28H22Cl3NO2/c1-17-3-11-23(12-4-17)32-28(33)20-7-14-26(18(2)15-20)34-27(19-5-8-21(29)9-6-19)24-13-10-22(30)16-25(24)31/h3-16,27H,1-2H3,(H,32,33). The minimum atomic E-state index is -0.493. The predicted molar refractivity (Wildman–Crippen MR) is 141 cm³/mol. The van der Waals surface area contributed by atoms with Crippen molar-refractivity contribution in [3.63, 3.8) is 0 Å². The van der Waals surface area contributed by atoms with Crippen LogP contribution in [-0.2, 0) is 0 Å². The number of aryl methyl sites for hydroxylation is 2. The first-order chi connectivity index (χ1) is 16.3. The zero-order valence-electron chi connectivity index (χ0n) is 18.6. The van der Waals surface area contributed by atoms with E-state index in [1.165, 1.54) is 0 Å². The van der Waals surface area contributed by atoms with Crippen molar-refractivity contribution in [3.05, 3.63) is 128 Å². The van der Waals surface area contributed by atoms with E-state index < -0.39 is 6.10 Å². The van der Waals surface area contributed by atoms with Crippen LogP contribution in [0.3, 0.4) is 0 Å². The molecule has 4 aromatic carbocycles. The Balaban J connectivity index is 1.61. The molecule has 0 spiro atoms. The van der Waals surface area contributed by atoms with Gasteiger partial charge in [-0.15, -0.1) is 0 Å². The second kappa shape index (κ2) is 10.5. The molecule has 0 radical (unpaired) electrons. The number of hydrogen-bond acceptors (Lipinski definition) is 2. The van der Waals surface area contributed by atoms with Gasteiger partial charge in [-0.2, -0.15) is 0 Å². The van der Waals surface area contributed by atoms with Crippen molar-refractivity contribution < 1.29 is 9.53 Å². The lowest BCUT2D eigenvalue weighted by molar-refractivity contribution is 0.102. The van der Waals surface area contributed by atoms with Crippen molar-refractivity contribution >= 4 is 46.4 Å². The molecule has 3 nitrogen and oxygen atoms in total. The zero-order valence-corrected chi connectivity index (χ0v) is 20.9. The first-order valence-electron chi connectivity index (χ1n) is 10.7. The Labute approximate surface area is 214 Å². The molecule has 0 aromatic heterocycles. The number of rotatable bonds is 6. The Morgan fingerprint density at radius 2 is 1.47 bits per heavy atom. The molecule has 0 aliphatic rings. The van der Waals surface area contributed by atoms with E-state index in [2.05, 4.69) is 5.32 Å². The first-order valence-corrected chi connectivity index (χ1v) is 11.8. The molecule has 0 saturated heterocycles. The molecule has 34 heavy (non-hydrogen) atoms. The van der Waals surface area contributed by atoms with Crippen molar-refractivity contribution in [3.8, 4) is 5.75 Å². The number of hydrogen-bond donors (Lipinski definition) is 1. The van der Waals surface area contributed by atoms with E-state index in [0.717, 1.165) is 27.9 Å². The largest absolute Gasteiger partial charge is 0.481 e. The molecule has 1 amide bonds. The van der Waals surface area contributed by atoms with E-state index in [0.29, 0.717) is 26.4 Å². The third kappa shape index (κ3) is 5.74. The van der Waals surface area contributed by atoms with Crippen molar-refractivity contribution in [1.29, 1.82) is 0 Å². The van der Waals surface area contributed by atoms with E-state index in [-0.39, 0.29) is 5.91 Å². The lowest BCUT2D eigenvalue weighted by Crippen LogP contribution is -2.13. The van der Waals surface area contributed by atoms with Crippen LogP contribution >= 0.6 is 34.8 Å². The Hall–Kier alpha value is -2.98. The summed E-state index contributed by atoms with van der Waals surface area (Å²) in [7, 11) is 0. The van der Waals surface area contributed by atoms with Gasteiger partial charge in [0.1, 0.15) is 5.75 Å². The average molecular weight is 511 g/mol. The lowest BCUT2D eigenvalue weighted by Gasteiger charge is -2.23. The maximum atomic E-state index is 12.7. The summed E-state index contributed by atoms with van der Waals surface area (Å²) in [6.45, 7) is 3.91. The van der Waals surface area contributed by atoms with Crippen LogP contribution in [0.15, 0.2) is 84.9 Å². The molecule has 0 heterocycles. The van der Waals surface area contributed by atoms with E-state index in [1.54, 1.807) is 30.3 Å². The molecule has 0 saturated carbocycles. The third-order valence-electron chi connectivity index (χ3n) is 5.41. The summed E-state index contributed by atoms with van der Waals surface area (Å²) in [5.41, 5.74) is 4.89. The highest BCUT2D eigenvalue weighted by molar-refractivity contribution is 6.35. The molecule has 0 bridgehead atoms. The molecule has 4 rings (SSSR count). The quantitative estimate of drug-likeness (QED) is 0.282. The Morgan fingerprint density at radius 3 is 2.12 bits per heavy atom. The van der Waals surface area contributed by atoms with Crippen LogP contribution in [-0.4, -0.2) is 5.91 Å². The van der Waals surface area contributed by atoms with Gasteiger partial charge in [0.25, 0.3) is 5.91 Å². The Morgan fingerprint density at radius 1 is 0.794 bits per heavy atom. The Kier molecular flexibility index (Phi) is 7.47. The summed E-state index contributed by atoms with van der Waals surface area (Å²) >= 11 is 18.7. The highest BCUT2D eigenvalue weighted by Crippen LogP contribution is 2.36. The molecule has 0 aliphatic heterocycles.